The highest BCUT2D eigenvalue weighted by atomic mass is 16.3. The number of rotatable bonds is 3. The summed E-state index contributed by atoms with van der Waals surface area (Å²) >= 11 is 0. The predicted octanol–water partition coefficient (Wildman–Crippen LogP) is 2.59. The zero-order valence-corrected chi connectivity index (χ0v) is 9.98. The van der Waals surface area contributed by atoms with E-state index in [1.165, 1.54) is 11.1 Å². The minimum atomic E-state index is -0.996. The largest absolute Gasteiger partial charge is 0.382 e. The van der Waals surface area contributed by atoms with Crippen LogP contribution in [0, 0.1) is 0 Å². The van der Waals surface area contributed by atoms with Gasteiger partial charge in [-0.25, -0.2) is 0 Å². The van der Waals surface area contributed by atoms with Gasteiger partial charge in [0, 0.05) is 6.42 Å². The molecule has 0 spiro atoms. The van der Waals surface area contributed by atoms with Crippen molar-refractivity contribution in [2.45, 2.75) is 50.0 Å². The Labute approximate surface area is 102 Å². The molecule has 1 fully saturated rings. The van der Waals surface area contributed by atoms with Crippen molar-refractivity contribution < 1.29 is 9.90 Å². The first-order valence-corrected chi connectivity index (χ1v) is 6.52. The van der Waals surface area contributed by atoms with Crippen molar-refractivity contribution in [3.8, 4) is 0 Å². The second kappa shape index (κ2) is 3.95. The summed E-state index contributed by atoms with van der Waals surface area (Å²) in [6.45, 7) is 0. The fourth-order valence-electron chi connectivity index (χ4n) is 3.20. The number of carbonyl (C=O) groups is 1. The summed E-state index contributed by atoms with van der Waals surface area (Å²) in [5, 5.41) is 10.2. The van der Waals surface area contributed by atoms with Crippen molar-refractivity contribution in [2.75, 3.05) is 0 Å². The number of ketones is 1. The first-order valence-electron chi connectivity index (χ1n) is 6.52. The quantitative estimate of drug-likeness (QED) is 0.866. The maximum Gasteiger partial charge on any atom is 0.164 e. The molecule has 1 aromatic carbocycles. The van der Waals surface area contributed by atoms with Crippen molar-refractivity contribution in [2.24, 2.45) is 0 Å². The number of Topliss-reactive ketones (excluding diaryl/α,β-unsaturated/α-hetero) is 1. The molecule has 1 saturated carbocycles. The number of aliphatic hydroxyl groups is 1. The normalized spacial score (nSPS) is 25.1. The van der Waals surface area contributed by atoms with Crippen LogP contribution in [-0.4, -0.2) is 16.5 Å². The number of hydrogen-bond donors (Lipinski definition) is 1. The second-order valence-corrected chi connectivity index (χ2v) is 5.47. The molecule has 0 aliphatic heterocycles. The van der Waals surface area contributed by atoms with E-state index in [1.54, 1.807) is 0 Å². The van der Waals surface area contributed by atoms with Crippen molar-refractivity contribution in [3.05, 3.63) is 35.4 Å². The Morgan fingerprint density at radius 2 is 2.00 bits per heavy atom. The van der Waals surface area contributed by atoms with E-state index in [9.17, 15) is 9.90 Å². The molecule has 1 N–H and O–H groups in total. The smallest absolute Gasteiger partial charge is 0.164 e. The van der Waals surface area contributed by atoms with Gasteiger partial charge >= 0.3 is 0 Å². The molecule has 3 rings (SSSR count). The molecule has 2 aliphatic rings. The van der Waals surface area contributed by atoms with Crippen LogP contribution in [0.1, 0.15) is 49.1 Å². The van der Waals surface area contributed by atoms with E-state index in [1.807, 2.05) is 12.1 Å². The summed E-state index contributed by atoms with van der Waals surface area (Å²) < 4.78 is 0. The summed E-state index contributed by atoms with van der Waals surface area (Å²) in [5.74, 6) is 0.415. The molecule has 2 heteroatoms. The highest BCUT2D eigenvalue weighted by Crippen LogP contribution is 2.40. The SMILES string of the molecule is O=C(CC1Cc2ccccc21)C1(O)CCCC1. The van der Waals surface area contributed by atoms with Crippen molar-refractivity contribution in [1.29, 1.82) is 0 Å². The van der Waals surface area contributed by atoms with Gasteiger partial charge in [-0.3, -0.25) is 4.79 Å². The molecule has 0 amide bonds. The third-order valence-electron chi connectivity index (χ3n) is 4.34. The molecule has 1 aromatic rings. The van der Waals surface area contributed by atoms with Gasteiger partial charge in [-0.1, -0.05) is 24.3 Å². The van der Waals surface area contributed by atoms with Gasteiger partial charge < -0.3 is 5.11 Å². The summed E-state index contributed by atoms with van der Waals surface area (Å²) in [6.07, 6.45) is 4.83. The van der Waals surface area contributed by atoms with Gasteiger partial charge in [-0.05, 0) is 49.1 Å². The topological polar surface area (TPSA) is 37.3 Å². The van der Waals surface area contributed by atoms with E-state index in [0.29, 0.717) is 25.2 Å². The third-order valence-corrected chi connectivity index (χ3v) is 4.34. The van der Waals surface area contributed by atoms with Gasteiger partial charge in [-0.2, -0.15) is 0 Å². The van der Waals surface area contributed by atoms with Gasteiger partial charge in [-0.15, -0.1) is 0 Å². The highest BCUT2D eigenvalue weighted by molar-refractivity contribution is 5.88. The van der Waals surface area contributed by atoms with Crippen LogP contribution < -0.4 is 0 Å². The fraction of sp³-hybridized carbons (Fsp3) is 0.533. The lowest BCUT2D eigenvalue weighted by Crippen LogP contribution is -2.37. The maximum absolute atomic E-state index is 12.1. The van der Waals surface area contributed by atoms with Crippen LogP contribution in [0.3, 0.4) is 0 Å². The number of carbonyl (C=O) groups excluding carboxylic acids is 1. The van der Waals surface area contributed by atoms with E-state index in [4.69, 9.17) is 0 Å². The summed E-state index contributed by atoms with van der Waals surface area (Å²) in [4.78, 5) is 12.1. The molecule has 0 radical (unpaired) electrons. The van der Waals surface area contributed by atoms with Crippen LogP contribution in [0.25, 0.3) is 0 Å². The molecular formula is C15H18O2. The van der Waals surface area contributed by atoms with Gasteiger partial charge in [0.2, 0.25) is 0 Å². The van der Waals surface area contributed by atoms with E-state index < -0.39 is 5.60 Å². The standard InChI is InChI=1S/C15H18O2/c16-14(15(17)7-3-4-8-15)10-12-9-11-5-1-2-6-13(11)12/h1-2,5-6,12,17H,3-4,7-10H2. The number of hydrogen-bond acceptors (Lipinski definition) is 2. The molecule has 17 heavy (non-hydrogen) atoms. The number of benzene rings is 1. The van der Waals surface area contributed by atoms with Crippen molar-refractivity contribution in [3.63, 3.8) is 0 Å². The Bertz CT molecular complexity index is 444. The molecular weight excluding hydrogens is 212 g/mol. The lowest BCUT2D eigenvalue weighted by atomic mass is 9.73. The fourth-order valence-corrected chi connectivity index (χ4v) is 3.20. The minimum absolute atomic E-state index is 0.0644. The first kappa shape index (κ1) is 11.0. The predicted molar refractivity (Wildman–Crippen MR) is 65.9 cm³/mol. The maximum atomic E-state index is 12.1. The highest BCUT2D eigenvalue weighted by Gasteiger charge is 2.40. The Balaban J connectivity index is 1.68. The molecule has 1 atom stereocenters. The Morgan fingerprint density at radius 1 is 1.29 bits per heavy atom. The zero-order valence-electron chi connectivity index (χ0n) is 9.98. The average molecular weight is 230 g/mol. The van der Waals surface area contributed by atoms with Crippen LogP contribution in [0.4, 0.5) is 0 Å². The van der Waals surface area contributed by atoms with Crippen LogP contribution >= 0.6 is 0 Å². The van der Waals surface area contributed by atoms with Crippen LogP contribution in [0.2, 0.25) is 0 Å². The molecule has 90 valence electrons. The molecule has 1 unspecified atom stereocenters. The molecule has 2 aliphatic carbocycles. The van der Waals surface area contributed by atoms with E-state index >= 15 is 0 Å². The van der Waals surface area contributed by atoms with Gasteiger partial charge in [0.15, 0.2) is 5.78 Å². The van der Waals surface area contributed by atoms with Crippen LogP contribution in [-0.2, 0) is 11.2 Å². The van der Waals surface area contributed by atoms with Crippen LogP contribution in [0.15, 0.2) is 24.3 Å². The van der Waals surface area contributed by atoms with E-state index in [0.717, 1.165) is 19.3 Å². The lowest BCUT2D eigenvalue weighted by Gasteiger charge is -2.32. The Kier molecular flexibility index (Phi) is 2.55. The first-order chi connectivity index (χ1) is 8.19. The second-order valence-electron chi connectivity index (χ2n) is 5.47. The minimum Gasteiger partial charge on any atom is -0.382 e. The van der Waals surface area contributed by atoms with E-state index in [2.05, 4.69) is 12.1 Å². The average Bonchev–Trinajstić information content (AvgIpc) is 2.74. The monoisotopic (exact) mass is 230 g/mol. The zero-order chi connectivity index (χ0) is 11.9. The van der Waals surface area contributed by atoms with Crippen molar-refractivity contribution >= 4 is 5.78 Å². The lowest BCUT2D eigenvalue weighted by molar-refractivity contribution is -0.137. The molecule has 0 aromatic heterocycles. The van der Waals surface area contributed by atoms with Gasteiger partial charge in [0.05, 0.1) is 0 Å². The molecule has 2 nitrogen and oxygen atoms in total. The third kappa shape index (κ3) is 1.81. The molecule has 0 bridgehead atoms. The molecule has 0 heterocycles. The summed E-state index contributed by atoms with van der Waals surface area (Å²) in [6, 6.07) is 8.30. The van der Waals surface area contributed by atoms with Gasteiger partial charge in [0.1, 0.15) is 5.60 Å². The summed E-state index contributed by atoms with van der Waals surface area (Å²) in [5.41, 5.74) is 1.68. The van der Waals surface area contributed by atoms with E-state index in [-0.39, 0.29) is 5.78 Å². The molecule has 0 saturated heterocycles. The number of fused-ring (bicyclic) bond motifs is 1. The van der Waals surface area contributed by atoms with Gasteiger partial charge in [0.25, 0.3) is 0 Å². The Hall–Kier alpha value is -1.15. The Morgan fingerprint density at radius 3 is 2.71 bits per heavy atom. The van der Waals surface area contributed by atoms with Crippen molar-refractivity contribution in [1.82, 2.24) is 0 Å². The summed E-state index contributed by atoms with van der Waals surface area (Å²) in [7, 11) is 0. The van der Waals surface area contributed by atoms with Crippen LogP contribution in [0.5, 0.6) is 0 Å².